The van der Waals surface area contributed by atoms with Crippen LogP contribution < -0.4 is 11.1 Å². The van der Waals surface area contributed by atoms with Crippen LogP contribution in [-0.4, -0.2) is 18.0 Å². The highest BCUT2D eigenvalue weighted by Crippen LogP contribution is 2.34. The van der Waals surface area contributed by atoms with Crippen LogP contribution in [-0.2, 0) is 4.79 Å². The number of hydrogen-bond acceptors (Lipinski definition) is 2. The van der Waals surface area contributed by atoms with Crippen LogP contribution in [0.5, 0.6) is 0 Å². The fourth-order valence-corrected chi connectivity index (χ4v) is 1.32. The van der Waals surface area contributed by atoms with E-state index in [0.29, 0.717) is 6.42 Å². The number of rotatable bonds is 6. The molecule has 1 amide bonds. The van der Waals surface area contributed by atoms with Crippen molar-refractivity contribution < 1.29 is 4.79 Å². The number of amides is 1. The van der Waals surface area contributed by atoms with Crippen molar-refractivity contribution in [3.8, 4) is 0 Å². The summed E-state index contributed by atoms with van der Waals surface area (Å²) in [6.45, 7) is 2.84. The summed E-state index contributed by atoms with van der Waals surface area (Å²) in [7, 11) is 0. The van der Waals surface area contributed by atoms with E-state index in [9.17, 15) is 4.79 Å². The third-order valence-electron chi connectivity index (χ3n) is 2.55. The van der Waals surface area contributed by atoms with Crippen molar-refractivity contribution in [3.05, 3.63) is 0 Å². The summed E-state index contributed by atoms with van der Waals surface area (Å²) in [4.78, 5) is 11.3. The van der Waals surface area contributed by atoms with Gasteiger partial charge in [-0.05, 0) is 39.2 Å². The topological polar surface area (TPSA) is 55.1 Å². The smallest absolute Gasteiger partial charge is 0.220 e. The minimum Gasteiger partial charge on any atom is -0.351 e. The standard InChI is InChI=1S/C10H20N2O/c1-10(6-7-10)12-9(13)5-3-2-4-8-11/h2-8,11H2,1H3,(H,12,13). The van der Waals surface area contributed by atoms with Gasteiger partial charge in [-0.3, -0.25) is 4.79 Å². The Bertz CT molecular complexity index is 176. The molecule has 0 saturated heterocycles. The van der Waals surface area contributed by atoms with Crippen LogP contribution in [0.1, 0.15) is 45.4 Å². The summed E-state index contributed by atoms with van der Waals surface area (Å²) in [5.74, 6) is 0.206. The average molecular weight is 184 g/mol. The van der Waals surface area contributed by atoms with Crippen LogP contribution in [0.25, 0.3) is 0 Å². The first kappa shape index (κ1) is 10.5. The van der Waals surface area contributed by atoms with Crippen molar-refractivity contribution in [2.75, 3.05) is 6.54 Å². The van der Waals surface area contributed by atoms with E-state index < -0.39 is 0 Å². The van der Waals surface area contributed by atoms with E-state index in [1.165, 1.54) is 0 Å². The second kappa shape index (κ2) is 4.61. The number of carbonyl (C=O) groups excluding carboxylic acids is 1. The van der Waals surface area contributed by atoms with Crippen molar-refractivity contribution in [2.45, 2.75) is 51.0 Å². The minimum atomic E-state index is 0.144. The molecule has 0 bridgehead atoms. The monoisotopic (exact) mass is 184 g/mol. The summed E-state index contributed by atoms with van der Waals surface area (Å²) in [5, 5.41) is 3.04. The molecule has 3 heteroatoms. The Morgan fingerprint density at radius 1 is 1.38 bits per heavy atom. The van der Waals surface area contributed by atoms with Gasteiger partial charge in [0.2, 0.25) is 5.91 Å². The molecule has 1 fully saturated rings. The molecule has 0 heterocycles. The molecule has 0 aromatic rings. The molecule has 0 aromatic heterocycles. The molecule has 0 aliphatic heterocycles. The van der Waals surface area contributed by atoms with Crippen LogP contribution in [0.4, 0.5) is 0 Å². The van der Waals surface area contributed by atoms with Crippen LogP contribution in [0.15, 0.2) is 0 Å². The number of nitrogens with one attached hydrogen (secondary N) is 1. The summed E-state index contributed by atoms with van der Waals surface area (Å²) in [6, 6.07) is 0. The number of unbranched alkanes of at least 4 members (excludes halogenated alkanes) is 2. The minimum absolute atomic E-state index is 0.144. The molecule has 1 aliphatic rings. The molecule has 0 radical (unpaired) electrons. The zero-order valence-corrected chi connectivity index (χ0v) is 8.44. The van der Waals surface area contributed by atoms with Gasteiger partial charge in [0.25, 0.3) is 0 Å². The van der Waals surface area contributed by atoms with Gasteiger partial charge >= 0.3 is 0 Å². The van der Waals surface area contributed by atoms with E-state index in [1.54, 1.807) is 0 Å². The third-order valence-corrected chi connectivity index (χ3v) is 2.55. The summed E-state index contributed by atoms with van der Waals surface area (Å²) in [5.41, 5.74) is 5.50. The molecule has 13 heavy (non-hydrogen) atoms. The highest BCUT2D eigenvalue weighted by molar-refractivity contribution is 5.77. The maximum atomic E-state index is 11.3. The van der Waals surface area contributed by atoms with Gasteiger partial charge in [-0.2, -0.15) is 0 Å². The fourth-order valence-electron chi connectivity index (χ4n) is 1.32. The third kappa shape index (κ3) is 4.27. The molecular weight excluding hydrogens is 164 g/mol. The lowest BCUT2D eigenvalue weighted by atomic mass is 10.2. The highest BCUT2D eigenvalue weighted by atomic mass is 16.1. The molecule has 0 spiro atoms. The van der Waals surface area contributed by atoms with Crippen LogP contribution >= 0.6 is 0 Å². The predicted octanol–water partition coefficient (Wildman–Crippen LogP) is 1.17. The van der Waals surface area contributed by atoms with Gasteiger partial charge < -0.3 is 11.1 Å². The van der Waals surface area contributed by atoms with Gasteiger partial charge in [0.15, 0.2) is 0 Å². The van der Waals surface area contributed by atoms with E-state index >= 15 is 0 Å². The SMILES string of the molecule is CC1(NC(=O)CCCCCN)CC1. The van der Waals surface area contributed by atoms with Crippen LogP contribution in [0.3, 0.4) is 0 Å². The first-order valence-electron chi connectivity index (χ1n) is 5.17. The normalized spacial score (nSPS) is 18.3. The van der Waals surface area contributed by atoms with Crippen molar-refractivity contribution in [1.29, 1.82) is 0 Å². The van der Waals surface area contributed by atoms with Crippen LogP contribution in [0, 0.1) is 0 Å². The molecule has 0 unspecified atom stereocenters. The summed E-state index contributed by atoms with van der Waals surface area (Å²) in [6.07, 6.45) is 6.02. The van der Waals surface area contributed by atoms with Crippen molar-refractivity contribution in [1.82, 2.24) is 5.32 Å². The quantitative estimate of drug-likeness (QED) is 0.609. The Kier molecular flexibility index (Phi) is 3.72. The van der Waals surface area contributed by atoms with E-state index in [-0.39, 0.29) is 11.4 Å². The molecule has 0 aromatic carbocycles. The molecule has 76 valence electrons. The molecular formula is C10H20N2O. The largest absolute Gasteiger partial charge is 0.351 e. The second-order valence-electron chi connectivity index (χ2n) is 4.21. The van der Waals surface area contributed by atoms with Gasteiger partial charge in [-0.25, -0.2) is 0 Å². The maximum absolute atomic E-state index is 11.3. The number of hydrogen-bond donors (Lipinski definition) is 2. The zero-order valence-electron chi connectivity index (χ0n) is 8.44. The van der Waals surface area contributed by atoms with Gasteiger partial charge in [0, 0.05) is 12.0 Å². The summed E-state index contributed by atoms with van der Waals surface area (Å²) < 4.78 is 0. The van der Waals surface area contributed by atoms with E-state index in [2.05, 4.69) is 12.2 Å². The predicted molar refractivity (Wildman–Crippen MR) is 53.3 cm³/mol. The van der Waals surface area contributed by atoms with E-state index in [0.717, 1.165) is 38.6 Å². The van der Waals surface area contributed by atoms with Crippen molar-refractivity contribution in [2.24, 2.45) is 5.73 Å². The van der Waals surface area contributed by atoms with Gasteiger partial charge in [-0.15, -0.1) is 0 Å². The van der Waals surface area contributed by atoms with E-state index in [4.69, 9.17) is 5.73 Å². The lowest BCUT2D eigenvalue weighted by Crippen LogP contribution is -2.33. The molecule has 3 nitrogen and oxygen atoms in total. The molecule has 1 rings (SSSR count). The molecule has 3 N–H and O–H groups in total. The lowest BCUT2D eigenvalue weighted by Gasteiger charge is -2.10. The summed E-state index contributed by atoms with van der Waals surface area (Å²) >= 11 is 0. The zero-order chi connectivity index (χ0) is 9.73. The van der Waals surface area contributed by atoms with E-state index in [1.807, 2.05) is 0 Å². The second-order valence-corrected chi connectivity index (χ2v) is 4.21. The Balaban J connectivity index is 1.98. The number of nitrogens with two attached hydrogens (primary N) is 1. The fraction of sp³-hybridized carbons (Fsp3) is 0.900. The number of carbonyl (C=O) groups is 1. The van der Waals surface area contributed by atoms with Crippen molar-refractivity contribution in [3.63, 3.8) is 0 Å². The Hall–Kier alpha value is -0.570. The van der Waals surface area contributed by atoms with Gasteiger partial charge in [0.05, 0.1) is 0 Å². The Labute approximate surface area is 80.1 Å². The van der Waals surface area contributed by atoms with Gasteiger partial charge in [-0.1, -0.05) is 6.42 Å². The maximum Gasteiger partial charge on any atom is 0.220 e. The van der Waals surface area contributed by atoms with Gasteiger partial charge in [0.1, 0.15) is 0 Å². The first-order chi connectivity index (χ1) is 6.16. The molecule has 1 saturated carbocycles. The molecule has 0 atom stereocenters. The first-order valence-corrected chi connectivity index (χ1v) is 5.17. The average Bonchev–Trinajstić information content (AvgIpc) is 2.77. The Morgan fingerprint density at radius 3 is 2.62 bits per heavy atom. The van der Waals surface area contributed by atoms with Crippen LogP contribution in [0.2, 0.25) is 0 Å². The highest BCUT2D eigenvalue weighted by Gasteiger charge is 2.38. The lowest BCUT2D eigenvalue weighted by molar-refractivity contribution is -0.122. The Morgan fingerprint density at radius 2 is 2.08 bits per heavy atom. The molecule has 1 aliphatic carbocycles. The van der Waals surface area contributed by atoms with Crippen molar-refractivity contribution >= 4 is 5.91 Å².